The summed E-state index contributed by atoms with van der Waals surface area (Å²) in [7, 11) is 3.48. The topological polar surface area (TPSA) is 45.7 Å². The molecule has 4 nitrogen and oxygen atoms in total. The van der Waals surface area contributed by atoms with Crippen LogP contribution in [0.15, 0.2) is 35.3 Å². The minimum Gasteiger partial charge on any atom is -0.383 e. The minimum atomic E-state index is 0. The zero-order valence-electron chi connectivity index (χ0n) is 12.7. The van der Waals surface area contributed by atoms with E-state index in [2.05, 4.69) is 53.7 Å². The number of ether oxygens (including phenoxy) is 1. The van der Waals surface area contributed by atoms with Crippen molar-refractivity contribution < 1.29 is 4.74 Å². The summed E-state index contributed by atoms with van der Waals surface area (Å²) in [6.45, 7) is 5.78. The average Bonchev–Trinajstić information content (AvgIpc) is 2.44. The van der Waals surface area contributed by atoms with Crippen molar-refractivity contribution in [3.8, 4) is 0 Å². The molecular formula is C15H26IN3O. The van der Waals surface area contributed by atoms with Crippen molar-refractivity contribution in [2.75, 3.05) is 27.3 Å². The zero-order valence-corrected chi connectivity index (χ0v) is 15.0. The Labute approximate surface area is 139 Å². The molecule has 5 heteroatoms. The predicted molar refractivity (Wildman–Crippen MR) is 96.1 cm³/mol. The third-order valence-corrected chi connectivity index (χ3v) is 2.97. The summed E-state index contributed by atoms with van der Waals surface area (Å²) >= 11 is 0. The highest BCUT2D eigenvalue weighted by Crippen LogP contribution is 2.12. The third-order valence-electron chi connectivity index (χ3n) is 2.97. The highest BCUT2D eigenvalue weighted by atomic mass is 127. The maximum Gasteiger partial charge on any atom is 0.191 e. The quantitative estimate of drug-likeness (QED) is 0.445. The molecule has 20 heavy (non-hydrogen) atoms. The summed E-state index contributed by atoms with van der Waals surface area (Å²) in [6.07, 6.45) is 0. The fraction of sp³-hybridized carbons (Fsp3) is 0.533. The molecule has 2 atom stereocenters. The maximum atomic E-state index is 5.10. The fourth-order valence-electron chi connectivity index (χ4n) is 1.87. The molecule has 0 saturated heterocycles. The first-order valence-electron chi connectivity index (χ1n) is 6.68. The molecule has 0 amide bonds. The first kappa shape index (κ1) is 19.2. The van der Waals surface area contributed by atoms with Crippen LogP contribution in [0.3, 0.4) is 0 Å². The molecule has 0 fully saturated rings. The molecule has 1 aromatic rings. The average molecular weight is 391 g/mol. The van der Waals surface area contributed by atoms with E-state index < -0.39 is 0 Å². The highest BCUT2D eigenvalue weighted by Gasteiger charge is 2.08. The number of guanidine groups is 1. The minimum absolute atomic E-state index is 0. The smallest absolute Gasteiger partial charge is 0.191 e. The molecular weight excluding hydrogens is 365 g/mol. The van der Waals surface area contributed by atoms with Crippen molar-refractivity contribution >= 4 is 29.9 Å². The lowest BCUT2D eigenvalue weighted by molar-refractivity contribution is 0.179. The molecule has 0 aliphatic rings. The molecule has 1 aromatic carbocycles. The number of rotatable bonds is 6. The molecule has 0 aliphatic heterocycles. The zero-order chi connectivity index (χ0) is 14.1. The second-order valence-electron chi connectivity index (χ2n) is 4.77. The van der Waals surface area contributed by atoms with Gasteiger partial charge in [0.25, 0.3) is 0 Å². The Balaban J connectivity index is 0.00000361. The van der Waals surface area contributed by atoms with E-state index >= 15 is 0 Å². The van der Waals surface area contributed by atoms with Gasteiger partial charge in [0, 0.05) is 26.7 Å². The van der Waals surface area contributed by atoms with Gasteiger partial charge >= 0.3 is 0 Å². The van der Waals surface area contributed by atoms with E-state index in [1.54, 1.807) is 14.2 Å². The van der Waals surface area contributed by atoms with Gasteiger partial charge in [-0.25, -0.2) is 0 Å². The number of halogens is 1. The Morgan fingerprint density at radius 1 is 1.25 bits per heavy atom. The van der Waals surface area contributed by atoms with Crippen LogP contribution < -0.4 is 10.6 Å². The van der Waals surface area contributed by atoms with E-state index in [1.807, 2.05) is 6.07 Å². The van der Waals surface area contributed by atoms with Crippen LogP contribution in [0.25, 0.3) is 0 Å². The van der Waals surface area contributed by atoms with Gasteiger partial charge in [-0.3, -0.25) is 4.99 Å². The molecule has 0 spiro atoms. The van der Waals surface area contributed by atoms with E-state index in [9.17, 15) is 0 Å². The summed E-state index contributed by atoms with van der Waals surface area (Å²) in [5.41, 5.74) is 1.33. The number of nitrogens with zero attached hydrogens (tertiary/aromatic N) is 1. The lowest BCUT2D eigenvalue weighted by Gasteiger charge is -2.19. The number of methoxy groups -OCH3 is 1. The van der Waals surface area contributed by atoms with Gasteiger partial charge in [0.2, 0.25) is 0 Å². The van der Waals surface area contributed by atoms with E-state index in [1.165, 1.54) is 5.56 Å². The Kier molecular flexibility index (Phi) is 10.5. The molecule has 0 aromatic heterocycles. The normalized spacial score (nSPS) is 14.1. The van der Waals surface area contributed by atoms with Crippen molar-refractivity contribution in [3.63, 3.8) is 0 Å². The Hall–Kier alpha value is -0.820. The van der Waals surface area contributed by atoms with Gasteiger partial charge in [-0.1, -0.05) is 37.3 Å². The fourth-order valence-corrected chi connectivity index (χ4v) is 1.87. The maximum absolute atomic E-state index is 5.10. The van der Waals surface area contributed by atoms with Crippen molar-refractivity contribution in [1.29, 1.82) is 0 Å². The Bertz CT molecular complexity index is 384. The van der Waals surface area contributed by atoms with Gasteiger partial charge in [0.1, 0.15) is 0 Å². The van der Waals surface area contributed by atoms with Crippen molar-refractivity contribution in [2.45, 2.75) is 25.8 Å². The van der Waals surface area contributed by atoms with Crippen LogP contribution in [0.1, 0.15) is 25.3 Å². The van der Waals surface area contributed by atoms with Crippen molar-refractivity contribution in [3.05, 3.63) is 35.9 Å². The van der Waals surface area contributed by atoms with Crippen LogP contribution in [0.2, 0.25) is 0 Å². The molecule has 0 heterocycles. The van der Waals surface area contributed by atoms with E-state index in [0.29, 0.717) is 12.5 Å². The molecule has 2 N–H and O–H groups in total. The monoisotopic (exact) mass is 391 g/mol. The summed E-state index contributed by atoms with van der Waals surface area (Å²) < 4.78 is 5.10. The van der Waals surface area contributed by atoms with E-state index in [4.69, 9.17) is 4.74 Å². The summed E-state index contributed by atoms with van der Waals surface area (Å²) in [4.78, 5) is 4.21. The van der Waals surface area contributed by atoms with Gasteiger partial charge in [0.05, 0.1) is 6.61 Å². The first-order chi connectivity index (χ1) is 9.17. The molecule has 0 bridgehead atoms. The number of aliphatic imine (C=N–C) groups is 1. The number of nitrogens with one attached hydrogen (secondary N) is 2. The summed E-state index contributed by atoms with van der Waals surface area (Å²) in [5, 5.41) is 6.63. The van der Waals surface area contributed by atoms with Gasteiger partial charge in [-0.15, -0.1) is 24.0 Å². The van der Waals surface area contributed by atoms with Crippen LogP contribution in [-0.4, -0.2) is 39.3 Å². The second-order valence-corrected chi connectivity index (χ2v) is 4.77. The standard InChI is InChI=1S/C15H25N3O.HI/c1-12(14-8-6-5-7-9-14)10-17-15(16-3)18-13(2)11-19-4;/h5-9,12-13H,10-11H2,1-4H3,(H2,16,17,18);1H. The van der Waals surface area contributed by atoms with Crippen LogP contribution in [0, 0.1) is 0 Å². The third kappa shape index (κ3) is 7.09. The first-order valence-corrected chi connectivity index (χ1v) is 6.68. The molecule has 1 rings (SSSR count). The predicted octanol–water partition coefficient (Wildman–Crippen LogP) is 2.61. The summed E-state index contributed by atoms with van der Waals surface area (Å²) in [5.74, 6) is 1.25. The van der Waals surface area contributed by atoms with E-state index in [-0.39, 0.29) is 30.0 Å². The van der Waals surface area contributed by atoms with Gasteiger partial charge in [0.15, 0.2) is 5.96 Å². The van der Waals surface area contributed by atoms with Crippen molar-refractivity contribution in [1.82, 2.24) is 10.6 Å². The van der Waals surface area contributed by atoms with Crippen molar-refractivity contribution in [2.24, 2.45) is 4.99 Å². The Morgan fingerprint density at radius 3 is 2.45 bits per heavy atom. The van der Waals surface area contributed by atoms with Gasteiger partial charge in [-0.05, 0) is 18.4 Å². The number of hydrogen-bond donors (Lipinski definition) is 2. The molecule has 114 valence electrons. The Morgan fingerprint density at radius 2 is 1.90 bits per heavy atom. The van der Waals surface area contributed by atoms with Gasteiger partial charge in [-0.2, -0.15) is 0 Å². The van der Waals surface area contributed by atoms with Crippen LogP contribution in [-0.2, 0) is 4.74 Å². The highest BCUT2D eigenvalue weighted by molar-refractivity contribution is 14.0. The second kappa shape index (κ2) is 10.9. The van der Waals surface area contributed by atoms with Crippen LogP contribution in [0.5, 0.6) is 0 Å². The largest absolute Gasteiger partial charge is 0.383 e. The molecule has 2 unspecified atom stereocenters. The SMILES string of the molecule is CN=C(NCC(C)c1ccccc1)NC(C)COC.I. The lowest BCUT2D eigenvalue weighted by atomic mass is 10.0. The van der Waals surface area contributed by atoms with E-state index in [0.717, 1.165) is 12.5 Å². The molecule has 0 saturated carbocycles. The molecule has 0 radical (unpaired) electrons. The molecule has 0 aliphatic carbocycles. The summed E-state index contributed by atoms with van der Waals surface area (Å²) in [6, 6.07) is 10.7. The van der Waals surface area contributed by atoms with Crippen LogP contribution in [0.4, 0.5) is 0 Å². The number of hydrogen-bond acceptors (Lipinski definition) is 2. The van der Waals surface area contributed by atoms with Gasteiger partial charge < -0.3 is 15.4 Å². The lowest BCUT2D eigenvalue weighted by Crippen LogP contribution is -2.44. The van der Waals surface area contributed by atoms with Crippen LogP contribution >= 0.6 is 24.0 Å². The number of benzene rings is 1.